The molecule has 26 heavy (non-hydrogen) atoms. The lowest BCUT2D eigenvalue weighted by atomic mass is 9.99. The van der Waals surface area contributed by atoms with Gasteiger partial charge in [-0.05, 0) is 48.4 Å². The molecule has 4 heteroatoms. The fourth-order valence-electron chi connectivity index (χ4n) is 2.57. The SMILES string of the molecule is Cc1ccc(-c2ccccc2C(=O)OCC(=O)c2ccc(F)cc2)cc1. The summed E-state index contributed by atoms with van der Waals surface area (Å²) in [6, 6.07) is 20.0. The van der Waals surface area contributed by atoms with Crippen LogP contribution in [0.5, 0.6) is 0 Å². The lowest BCUT2D eigenvalue weighted by Gasteiger charge is -2.10. The van der Waals surface area contributed by atoms with E-state index in [1.165, 1.54) is 24.3 Å². The summed E-state index contributed by atoms with van der Waals surface area (Å²) in [7, 11) is 0. The van der Waals surface area contributed by atoms with Gasteiger partial charge >= 0.3 is 5.97 Å². The molecule has 0 aliphatic rings. The Hall–Kier alpha value is -3.27. The highest BCUT2D eigenvalue weighted by Crippen LogP contribution is 2.24. The van der Waals surface area contributed by atoms with Gasteiger partial charge in [0.2, 0.25) is 0 Å². The number of esters is 1. The van der Waals surface area contributed by atoms with Gasteiger partial charge in [-0.2, -0.15) is 0 Å². The smallest absolute Gasteiger partial charge is 0.339 e. The number of hydrogen-bond acceptors (Lipinski definition) is 3. The average Bonchev–Trinajstić information content (AvgIpc) is 2.67. The lowest BCUT2D eigenvalue weighted by Crippen LogP contribution is -2.15. The van der Waals surface area contributed by atoms with Crippen LogP contribution in [0.15, 0.2) is 72.8 Å². The second-order valence-electron chi connectivity index (χ2n) is 5.92. The van der Waals surface area contributed by atoms with E-state index in [0.29, 0.717) is 11.1 Å². The molecule has 3 aromatic rings. The third kappa shape index (κ3) is 4.03. The first-order chi connectivity index (χ1) is 12.5. The molecule has 0 aliphatic carbocycles. The van der Waals surface area contributed by atoms with Gasteiger partial charge in [-0.3, -0.25) is 4.79 Å². The normalized spacial score (nSPS) is 10.4. The number of rotatable bonds is 5. The second kappa shape index (κ2) is 7.74. The number of carbonyl (C=O) groups excluding carboxylic acids is 2. The number of Topliss-reactive ketones (excluding diaryl/α,β-unsaturated/α-hetero) is 1. The second-order valence-corrected chi connectivity index (χ2v) is 5.92. The summed E-state index contributed by atoms with van der Waals surface area (Å²) in [6.07, 6.45) is 0. The Morgan fingerprint density at radius 2 is 1.54 bits per heavy atom. The number of aryl methyl sites for hydroxylation is 1. The molecule has 0 heterocycles. The van der Waals surface area contributed by atoms with Gasteiger partial charge in [-0.25, -0.2) is 9.18 Å². The first-order valence-electron chi connectivity index (χ1n) is 8.16. The van der Waals surface area contributed by atoms with Crippen molar-refractivity contribution in [2.24, 2.45) is 0 Å². The summed E-state index contributed by atoms with van der Waals surface area (Å²) in [5.41, 5.74) is 3.45. The van der Waals surface area contributed by atoms with Gasteiger partial charge < -0.3 is 4.74 Å². The van der Waals surface area contributed by atoms with Crippen LogP contribution >= 0.6 is 0 Å². The van der Waals surface area contributed by atoms with Gasteiger partial charge in [0.05, 0.1) is 5.56 Å². The summed E-state index contributed by atoms with van der Waals surface area (Å²) in [5.74, 6) is -1.38. The maximum absolute atomic E-state index is 12.9. The number of carbonyl (C=O) groups is 2. The van der Waals surface area contributed by atoms with Crippen LogP contribution in [0.1, 0.15) is 26.3 Å². The van der Waals surface area contributed by atoms with Crippen LogP contribution in [0.25, 0.3) is 11.1 Å². The van der Waals surface area contributed by atoms with Crippen molar-refractivity contribution in [3.8, 4) is 11.1 Å². The zero-order valence-corrected chi connectivity index (χ0v) is 14.2. The van der Waals surface area contributed by atoms with Crippen LogP contribution < -0.4 is 0 Å². The molecule has 0 fully saturated rings. The molecule has 3 nitrogen and oxygen atoms in total. The van der Waals surface area contributed by atoms with Crippen molar-refractivity contribution in [3.63, 3.8) is 0 Å². The van der Waals surface area contributed by atoms with E-state index in [1.807, 2.05) is 43.3 Å². The van der Waals surface area contributed by atoms with E-state index in [0.717, 1.165) is 16.7 Å². The molecule has 0 amide bonds. The molecule has 0 aromatic heterocycles. The molecular formula is C22H17FO3. The Balaban J connectivity index is 1.75. The van der Waals surface area contributed by atoms with Crippen LogP contribution in [0, 0.1) is 12.7 Å². The Labute approximate surface area is 151 Å². The molecule has 0 saturated heterocycles. The Bertz CT molecular complexity index is 928. The van der Waals surface area contributed by atoms with Gasteiger partial charge in [0.15, 0.2) is 12.4 Å². The minimum atomic E-state index is -0.573. The first kappa shape index (κ1) is 17.5. The summed E-state index contributed by atoms with van der Waals surface area (Å²) >= 11 is 0. The van der Waals surface area contributed by atoms with E-state index in [9.17, 15) is 14.0 Å². The summed E-state index contributed by atoms with van der Waals surface area (Å²) in [5, 5.41) is 0. The van der Waals surface area contributed by atoms with Crippen LogP contribution in [0.2, 0.25) is 0 Å². The molecule has 130 valence electrons. The van der Waals surface area contributed by atoms with Crippen molar-refractivity contribution in [2.45, 2.75) is 6.92 Å². The largest absolute Gasteiger partial charge is 0.454 e. The first-order valence-corrected chi connectivity index (χ1v) is 8.16. The third-order valence-corrected chi connectivity index (χ3v) is 4.01. The zero-order valence-electron chi connectivity index (χ0n) is 14.2. The Morgan fingerprint density at radius 3 is 2.23 bits per heavy atom. The standard InChI is InChI=1S/C22H17FO3/c1-15-6-8-16(9-7-15)19-4-2-3-5-20(19)22(25)26-14-21(24)17-10-12-18(23)13-11-17/h2-13H,14H2,1H3. The molecular weight excluding hydrogens is 331 g/mol. The van der Waals surface area contributed by atoms with Gasteiger partial charge in [-0.1, -0.05) is 48.0 Å². The minimum absolute atomic E-state index is 0.297. The quantitative estimate of drug-likeness (QED) is 0.489. The number of benzene rings is 3. The molecule has 0 saturated carbocycles. The van der Waals surface area contributed by atoms with E-state index in [2.05, 4.69) is 0 Å². The van der Waals surface area contributed by atoms with Crippen molar-refractivity contribution in [1.29, 1.82) is 0 Å². The minimum Gasteiger partial charge on any atom is -0.454 e. The predicted octanol–water partition coefficient (Wildman–Crippen LogP) is 4.84. The fourth-order valence-corrected chi connectivity index (χ4v) is 2.57. The highest BCUT2D eigenvalue weighted by Gasteiger charge is 2.16. The molecule has 3 rings (SSSR count). The van der Waals surface area contributed by atoms with Crippen LogP contribution in [0.3, 0.4) is 0 Å². The zero-order chi connectivity index (χ0) is 18.5. The lowest BCUT2D eigenvalue weighted by molar-refractivity contribution is 0.0475. The highest BCUT2D eigenvalue weighted by molar-refractivity contribution is 6.01. The number of halogens is 1. The van der Waals surface area contributed by atoms with E-state index >= 15 is 0 Å². The average molecular weight is 348 g/mol. The van der Waals surface area contributed by atoms with Crippen LogP contribution in [0.4, 0.5) is 4.39 Å². The van der Waals surface area contributed by atoms with E-state index in [4.69, 9.17) is 4.74 Å². The van der Waals surface area contributed by atoms with E-state index < -0.39 is 18.4 Å². The summed E-state index contributed by atoms with van der Waals surface area (Å²) < 4.78 is 18.1. The monoisotopic (exact) mass is 348 g/mol. The molecule has 0 N–H and O–H groups in total. The number of ether oxygens (including phenoxy) is 1. The number of hydrogen-bond donors (Lipinski definition) is 0. The van der Waals surface area contributed by atoms with Crippen molar-refractivity contribution in [1.82, 2.24) is 0 Å². The Kier molecular flexibility index (Phi) is 5.23. The highest BCUT2D eigenvalue weighted by atomic mass is 19.1. The fraction of sp³-hybridized carbons (Fsp3) is 0.0909. The van der Waals surface area contributed by atoms with Gasteiger partial charge in [0, 0.05) is 5.56 Å². The molecule has 0 aliphatic heterocycles. The maximum atomic E-state index is 12.9. The van der Waals surface area contributed by atoms with Crippen molar-refractivity contribution >= 4 is 11.8 Å². The van der Waals surface area contributed by atoms with Crippen molar-refractivity contribution < 1.29 is 18.7 Å². The maximum Gasteiger partial charge on any atom is 0.339 e. The predicted molar refractivity (Wildman–Crippen MR) is 97.6 cm³/mol. The van der Waals surface area contributed by atoms with Crippen LogP contribution in [-0.4, -0.2) is 18.4 Å². The molecule has 0 atom stereocenters. The number of ketones is 1. The molecule has 3 aromatic carbocycles. The van der Waals surface area contributed by atoms with Crippen molar-refractivity contribution in [2.75, 3.05) is 6.61 Å². The van der Waals surface area contributed by atoms with Crippen molar-refractivity contribution in [3.05, 3.63) is 95.3 Å². The molecule has 0 spiro atoms. The van der Waals surface area contributed by atoms with Crippen LogP contribution in [-0.2, 0) is 4.74 Å². The third-order valence-electron chi connectivity index (χ3n) is 4.01. The molecule has 0 radical (unpaired) electrons. The molecule has 0 bridgehead atoms. The Morgan fingerprint density at radius 1 is 0.885 bits per heavy atom. The van der Waals surface area contributed by atoms with Gasteiger partial charge in [0.25, 0.3) is 0 Å². The van der Waals surface area contributed by atoms with Gasteiger partial charge in [-0.15, -0.1) is 0 Å². The summed E-state index contributed by atoms with van der Waals surface area (Å²) in [6.45, 7) is 1.59. The van der Waals surface area contributed by atoms with Gasteiger partial charge in [0.1, 0.15) is 5.82 Å². The van der Waals surface area contributed by atoms with E-state index in [-0.39, 0.29) is 5.78 Å². The summed E-state index contributed by atoms with van der Waals surface area (Å²) in [4.78, 5) is 24.5. The topological polar surface area (TPSA) is 43.4 Å². The van der Waals surface area contributed by atoms with E-state index in [1.54, 1.807) is 12.1 Å². The molecule has 0 unspecified atom stereocenters.